The molecule has 0 saturated carbocycles. The van der Waals surface area contributed by atoms with Crippen molar-refractivity contribution in [3.05, 3.63) is 58.9 Å². The van der Waals surface area contributed by atoms with Gasteiger partial charge in [-0.05, 0) is 30.3 Å². The molecule has 0 aliphatic carbocycles. The number of aromatic carboxylic acids is 1. The molecule has 2 aromatic rings. The summed E-state index contributed by atoms with van der Waals surface area (Å²) in [5, 5.41) is 12.1. The van der Waals surface area contributed by atoms with E-state index in [0.29, 0.717) is 10.7 Å². The number of aromatic nitrogens is 1. The highest BCUT2D eigenvalue weighted by Gasteiger charge is 2.16. The van der Waals surface area contributed by atoms with Gasteiger partial charge in [0.25, 0.3) is 5.91 Å². The van der Waals surface area contributed by atoms with Gasteiger partial charge < -0.3 is 10.4 Å². The number of anilines is 1. The van der Waals surface area contributed by atoms with Crippen LogP contribution in [-0.2, 0) is 0 Å². The number of halogens is 1. The Hall–Kier alpha value is -2.40. The number of nitrogens with one attached hydrogen (secondary N) is 1. The highest BCUT2D eigenvalue weighted by Crippen LogP contribution is 2.15. The van der Waals surface area contributed by atoms with Gasteiger partial charge >= 0.3 is 5.97 Å². The first-order chi connectivity index (χ1) is 9.08. The Kier molecular flexibility index (Phi) is 3.77. The maximum Gasteiger partial charge on any atom is 0.336 e. The lowest BCUT2D eigenvalue weighted by atomic mass is 10.1. The van der Waals surface area contributed by atoms with Crippen molar-refractivity contribution in [3.63, 3.8) is 0 Å². The van der Waals surface area contributed by atoms with Crippen molar-refractivity contribution in [1.29, 1.82) is 0 Å². The number of rotatable bonds is 3. The maximum absolute atomic E-state index is 12.0. The third kappa shape index (κ3) is 3.08. The van der Waals surface area contributed by atoms with Crippen LogP contribution in [0.2, 0.25) is 5.02 Å². The molecule has 0 fully saturated rings. The predicted molar refractivity (Wildman–Crippen MR) is 70.6 cm³/mol. The minimum atomic E-state index is -1.18. The van der Waals surface area contributed by atoms with E-state index in [9.17, 15) is 9.59 Å². The molecule has 96 valence electrons. The number of benzene rings is 1. The molecule has 6 heteroatoms. The van der Waals surface area contributed by atoms with Crippen molar-refractivity contribution in [3.8, 4) is 0 Å². The fourth-order valence-corrected chi connectivity index (χ4v) is 1.62. The number of carboxylic acid groups (broad SMARTS) is 1. The molecule has 0 aliphatic rings. The van der Waals surface area contributed by atoms with Crippen LogP contribution in [0.25, 0.3) is 0 Å². The zero-order chi connectivity index (χ0) is 13.8. The molecule has 0 atom stereocenters. The molecule has 1 heterocycles. The summed E-state index contributed by atoms with van der Waals surface area (Å²) in [5.74, 6) is -1.71. The highest BCUT2D eigenvalue weighted by molar-refractivity contribution is 6.30. The standard InChI is InChI=1S/C13H9ClN2O3/c14-8-1-3-9(4-2-8)16-12(17)11-7-15-6-5-10(11)13(18)19/h1-7H,(H,16,17)(H,18,19). The van der Waals surface area contributed by atoms with Gasteiger partial charge in [-0.15, -0.1) is 0 Å². The molecule has 0 aliphatic heterocycles. The number of nitrogens with zero attached hydrogens (tertiary/aromatic N) is 1. The Labute approximate surface area is 113 Å². The summed E-state index contributed by atoms with van der Waals surface area (Å²) >= 11 is 5.73. The Bertz CT molecular complexity index is 626. The summed E-state index contributed by atoms with van der Waals surface area (Å²) in [5.41, 5.74) is 0.431. The van der Waals surface area contributed by atoms with E-state index in [-0.39, 0.29) is 11.1 Å². The minimum Gasteiger partial charge on any atom is -0.478 e. The fraction of sp³-hybridized carbons (Fsp3) is 0. The predicted octanol–water partition coefficient (Wildman–Crippen LogP) is 2.69. The van der Waals surface area contributed by atoms with Crippen molar-refractivity contribution < 1.29 is 14.7 Å². The SMILES string of the molecule is O=C(O)c1ccncc1C(=O)Nc1ccc(Cl)cc1. The fourth-order valence-electron chi connectivity index (χ4n) is 1.49. The highest BCUT2D eigenvalue weighted by atomic mass is 35.5. The Morgan fingerprint density at radius 1 is 1.11 bits per heavy atom. The zero-order valence-corrected chi connectivity index (χ0v) is 10.4. The lowest BCUT2D eigenvalue weighted by Crippen LogP contribution is -2.16. The molecule has 0 bridgehead atoms. The number of hydrogen-bond donors (Lipinski definition) is 2. The van der Waals surface area contributed by atoms with E-state index in [1.165, 1.54) is 18.5 Å². The lowest BCUT2D eigenvalue weighted by molar-refractivity contribution is 0.0692. The second kappa shape index (κ2) is 5.49. The first-order valence-electron chi connectivity index (χ1n) is 5.32. The Morgan fingerprint density at radius 2 is 1.79 bits per heavy atom. The van der Waals surface area contributed by atoms with E-state index < -0.39 is 11.9 Å². The van der Waals surface area contributed by atoms with Gasteiger partial charge in [0, 0.05) is 23.1 Å². The van der Waals surface area contributed by atoms with E-state index in [1.807, 2.05) is 0 Å². The monoisotopic (exact) mass is 276 g/mol. The van der Waals surface area contributed by atoms with Crippen LogP contribution in [0, 0.1) is 0 Å². The van der Waals surface area contributed by atoms with E-state index in [1.54, 1.807) is 24.3 Å². The average Bonchev–Trinajstić information content (AvgIpc) is 2.41. The number of carbonyl (C=O) groups is 2. The van der Waals surface area contributed by atoms with Gasteiger partial charge in [0.2, 0.25) is 0 Å². The van der Waals surface area contributed by atoms with E-state index in [4.69, 9.17) is 16.7 Å². The number of pyridine rings is 1. The van der Waals surface area contributed by atoms with Crippen LogP contribution >= 0.6 is 11.6 Å². The Morgan fingerprint density at radius 3 is 2.42 bits per heavy atom. The molecule has 1 aromatic carbocycles. The third-order valence-corrected chi connectivity index (χ3v) is 2.65. The topological polar surface area (TPSA) is 79.3 Å². The molecular weight excluding hydrogens is 268 g/mol. The number of hydrogen-bond acceptors (Lipinski definition) is 3. The molecule has 19 heavy (non-hydrogen) atoms. The molecule has 2 N–H and O–H groups in total. The van der Waals surface area contributed by atoms with E-state index >= 15 is 0 Å². The van der Waals surface area contributed by atoms with Gasteiger partial charge in [0.05, 0.1) is 11.1 Å². The van der Waals surface area contributed by atoms with E-state index in [0.717, 1.165) is 0 Å². The van der Waals surface area contributed by atoms with Gasteiger partial charge in [0.15, 0.2) is 0 Å². The first-order valence-corrected chi connectivity index (χ1v) is 5.70. The number of carbonyl (C=O) groups excluding carboxylic acids is 1. The van der Waals surface area contributed by atoms with Crippen LogP contribution in [-0.4, -0.2) is 22.0 Å². The van der Waals surface area contributed by atoms with Crippen LogP contribution in [0.3, 0.4) is 0 Å². The molecule has 0 radical (unpaired) electrons. The summed E-state index contributed by atoms with van der Waals surface area (Å²) in [6, 6.07) is 7.77. The minimum absolute atomic E-state index is 0.00458. The van der Waals surface area contributed by atoms with Crippen molar-refractivity contribution in [2.24, 2.45) is 0 Å². The van der Waals surface area contributed by atoms with Crippen molar-refractivity contribution in [1.82, 2.24) is 4.98 Å². The third-order valence-electron chi connectivity index (χ3n) is 2.40. The number of carboxylic acids is 1. The zero-order valence-electron chi connectivity index (χ0n) is 9.63. The van der Waals surface area contributed by atoms with Gasteiger partial charge in [-0.2, -0.15) is 0 Å². The molecule has 1 aromatic heterocycles. The molecular formula is C13H9ClN2O3. The first kappa shape index (κ1) is 13.0. The summed E-state index contributed by atoms with van der Waals surface area (Å²) in [7, 11) is 0. The second-order valence-electron chi connectivity index (χ2n) is 3.69. The summed E-state index contributed by atoms with van der Waals surface area (Å²) in [4.78, 5) is 26.7. The Balaban J connectivity index is 2.25. The average molecular weight is 277 g/mol. The summed E-state index contributed by atoms with van der Waals surface area (Å²) < 4.78 is 0. The van der Waals surface area contributed by atoms with Crippen LogP contribution < -0.4 is 5.32 Å². The number of amides is 1. The van der Waals surface area contributed by atoms with Gasteiger partial charge in [-0.25, -0.2) is 4.79 Å². The van der Waals surface area contributed by atoms with Crippen molar-refractivity contribution in [2.45, 2.75) is 0 Å². The molecule has 0 spiro atoms. The molecule has 0 saturated heterocycles. The molecule has 2 rings (SSSR count). The lowest BCUT2D eigenvalue weighted by Gasteiger charge is -2.07. The van der Waals surface area contributed by atoms with Gasteiger partial charge in [-0.1, -0.05) is 11.6 Å². The van der Waals surface area contributed by atoms with Crippen LogP contribution in [0.4, 0.5) is 5.69 Å². The van der Waals surface area contributed by atoms with Crippen LogP contribution in [0.5, 0.6) is 0 Å². The smallest absolute Gasteiger partial charge is 0.336 e. The molecule has 5 nitrogen and oxygen atoms in total. The van der Waals surface area contributed by atoms with Crippen LogP contribution in [0.1, 0.15) is 20.7 Å². The normalized spacial score (nSPS) is 9.95. The van der Waals surface area contributed by atoms with E-state index in [2.05, 4.69) is 10.3 Å². The van der Waals surface area contributed by atoms with Gasteiger partial charge in [-0.3, -0.25) is 9.78 Å². The summed E-state index contributed by atoms with van der Waals surface area (Å²) in [6.07, 6.45) is 2.54. The van der Waals surface area contributed by atoms with Crippen molar-refractivity contribution in [2.75, 3.05) is 5.32 Å². The van der Waals surface area contributed by atoms with Crippen LogP contribution in [0.15, 0.2) is 42.7 Å². The second-order valence-corrected chi connectivity index (χ2v) is 4.12. The summed E-state index contributed by atoms with van der Waals surface area (Å²) in [6.45, 7) is 0. The molecule has 1 amide bonds. The van der Waals surface area contributed by atoms with Crippen molar-refractivity contribution >= 4 is 29.2 Å². The largest absolute Gasteiger partial charge is 0.478 e. The maximum atomic E-state index is 12.0. The molecule has 0 unspecified atom stereocenters. The van der Waals surface area contributed by atoms with Gasteiger partial charge in [0.1, 0.15) is 0 Å². The quantitative estimate of drug-likeness (QED) is 0.903.